The predicted molar refractivity (Wildman–Crippen MR) is 71.3 cm³/mol. The van der Waals surface area contributed by atoms with Crippen LogP contribution in [0.15, 0.2) is 49.3 Å². The maximum atomic E-state index is 13.0. The van der Waals surface area contributed by atoms with E-state index in [2.05, 4.69) is 25.4 Å². The predicted octanol–water partition coefficient (Wildman–Crippen LogP) is 1.45. The lowest BCUT2D eigenvalue weighted by molar-refractivity contribution is 0.102. The molecule has 0 aliphatic rings. The molecule has 104 valence electrons. The summed E-state index contributed by atoms with van der Waals surface area (Å²) in [5.74, 6) is -0.575. The van der Waals surface area contributed by atoms with Crippen LogP contribution in [0.25, 0.3) is 5.82 Å². The van der Waals surface area contributed by atoms with E-state index in [0.29, 0.717) is 11.5 Å². The van der Waals surface area contributed by atoms with Crippen LogP contribution in [0.1, 0.15) is 10.4 Å². The molecule has 0 unspecified atom stereocenters. The maximum absolute atomic E-state index is 13.0. The fourth-order valence-electron chi connectivity index (χ4n) is 1.67. The van der Waals surface area contributed by atoms with Crippen LogP contribution in [0.3, 0.4) is 0 Å². The molecule has 0 fully saturated rings. The van der Waals surface area contributed by atoms with Gasteiger partial charge in [-0.25, -0.2) is 19.6 Å². The van der Waals surface area contributed by atoms with Gasteiger partial charge in [-0.15, -0.1) is 0 Å². The standard InChI is InChI=1S/C13H9FN6O/c14-11-5-9(3-4-16-11)13(21)19-10-1-2-12(17-6-10)20-8-15-7-18-20/h1-8H,(H,19,21). The molecule has 3 rings (SSSR count). The SMILES string of the molecule is O=C(Nc1ccc(-n2cncn2)nc1)c1ccnc(F)c1. The number of halogens is 1. The normalized spacial score (nSPS) is 10.3. The Morgan fingerprint density at radius 3 is 2.81 bits per heavy atom. The second-order valence-electron chi connectivity index (χ2n) is 4.07. The number of rotatable bonds is 3. The van der Waals surface area contributed by atoms with Gasteiger partial charge in [0.1, 0.15) is 12.7 Å². The van der Waals surface area contributed by atoms with Crippen molar-refractivity contribution in [2.24, 2.45) is 0 Å². The topological polar surface area (TPSA) is 85.6 Å². The highest BCUT2D eigenvalue weighted by Crippen LogP contribution is 2.10. The molecule has 0 atom stereocenters. The van der Waals surface area contributed by atoms with Gasteiger partial charge in [-0.05, 0) is 18.2 Å². The van der Waals surface area contributed by atoms with E-state index >= 15 is 0 Å². The third-order valence-electron chi connectivity index (χ3n) is 2.65. The van der Waals surface area contributed by atoms with Crippen molar-refractivity contribution in [3.8, 4) is 5.82 Å². The van der Waals surface area contributed by atoms with Crippen molar-refractivity contribution < 1.29 is 9.18 Å². The molecule has 8 heteroatoms. The van der Waals surface area contributed by atoms with Crippen LogP contribution in [0.2, 0.25) is 0 Å². The third-order valence-corrected chi connectivity index (χ3v) is 2.65. The summed E-state index contributed by atoms with van der Waals surface area (Å²) in [6, 6.07) is 5.83. The van der Waals surface area contributed by atoms with Gasteiger partial charge in [-0.2, -0.15) is 9.49 Å². The molecule has 0 aliphatic carbocycles. The van der Waals surface area contributed by atoms with Gasteiger partial charge >= 0.3 is 0 Å². The van der Waals surface area contributed by atoms with Gasteiger partial charge in [0.25, 0.3) is 5.91 Å². The smallest absolute Gasteiger partial charge is 0.255 e. The van der Waals surface area contributed by atoms with Crippen molar-refractivity contribution in [3.63, 3.8) is 0 Å². The lowest BCUT2D eigenvalue weighted by Crippen LogP contribution is -2.12. The molecular formula is C13H9FN6O. The van der Waals surface area contributed by atoms with E-state index in [0.717, 1.165) is 6.07 Å². The van der Waals surface area contributed by atoms with Gasteiger partial charge < -0.3 is 5.32 Å². The zero-order valence-corrected chi connectivity index (χ0v) is 10.6. The first-order valence-electron chi connectivity index (χ1n) is 5.96. The molecule has 3 aromatic heterocycles. The molecule has 0 radical (unpaired) electrons. The zero-order chi connectivity index (χ0) is 14.7. The minimum absolute atomic E-state index is 0.183. The number of amides is 1. The average Bonchev–Trinajstić information content (AvgIpc) is 3.02. The Bertz CT molecular complexity index is 757. The van der Waals surface area contributed by atoms with E-state index in [4.69, 9.17) is 0 Å². The lowest BCUT2D eigenvalue weighted by Gasteiger charge is -2.05. The van der Waals surface area contributed by atoms with Crippen molar-refractivity contribution in [3.05, 3.63) is 60.8 Å². The highest BCUT2D eigenvalue weighted by Gasteiger charge is 2.08. The largest absolute Gasteiger partial charge is 0.321 e. The van der Waals surface area contributed by atoms with E-state index in [1.54, 1.807) is 12.1 Å². The maximum Gasteiger partial charge on any atom is 0.255 e. The number of nitrogens with one attached hydrogen (secondary N) is 1. The third kappa shape index (κ3) is 2.89. The molecule has 7 nitrogen and oxygen atoms in total. The summed E-state index contributed by atoms with van der Waals surface area (Å²) in [6.07, 6.45) is 5.62. The van der Waals surface area contributed by atoms with Crippen LogP contribution < -0.4 is 5.32 Å². The van der Waals surface area contributed by atoms with Crippen LogP contribution in [-0.4, -0.2) is 30.6 Å². The van der Waals surface area contributed by atoms with E-state index in [9.17, 15) is 9.18 Å². The number of carbonyl (C=O) groups is 1. The first-order chi connectivity index (χ1) is 10.2. The number of carbonyl (C=O) groups excluding carboxylic acids is 1. The molecule has 0 aromatic carbocycles. The van der Waals surface area contributed by atoms with Gasteiger partial charge in [0.15, 0.2) is 5.82 Å². The number of pyridine rings is 2. The summed E-state index contributed by atoms with van der Waals surface area (Å²) in [5, 5.41) is 6.56. The van der Waals surface area contributed by atoms with E-state index in [1.807, 2.05) is 0 Å². The first kappa shape index (κ1) is 12.9. The fourth-order valence-corrected chi connectivity index (χ4v) is 1.67. The summed E-state index contributed by atoms with van der Waals surface area (Å²) < 4.78 is 14.4. The minimum Gasteiger partial charge on any atom is -0.321 e. The molecule has 21 heavy (non-hydrogen) atoms. The van der Waals surface area contributed by atoms with E-state index in [1.165, 1.54) is 35.8 Å². The van der Waals surface area contributed by atoms with Gasteiger partial charge in [-0.3, -0.25) is 4.79 Å². The molecule has 3 aromatic rings. The van der Waals surface area contributed by atoms with Crippen LogP contribution in [0.5, 0.6) is 0 Å². The second-order valence-corrected chi connectivity index (χ2v) is 4.07. The lowest BCUT2D eigenvalue weighted by atomic mass is 10.2. The zero-order valence-electron chi connectivity index (χ0n) is 10.6. The quantitative estimate of drug-likeness (QED) is 0.736. The monoisotopic (exact) mass is 284 g/mol. The molecule has 0 spiro atoms. The number of aromatic nitrogens is 5. The summed E-state index contributed by atoms with van der Waals surface area (Å²) in [7, 11) is 0. The Morgan fingerprint density at radius 1 is 1.24 bits per heavy atom. The number of hydrogen-bond acceptors (Lipinski definition) is 5. The molecule has 1 amide bonds. The van der Waals surface area contributed by atoms with Crippen molar-refractivity contribution in [2.75, 3.05) is 5.32 Å². The Hall–Kier alpha value is -3.16. The molecule has 3 heterocycles. The van der Waals surface area contributed by atoms with Crippen LogP contribution >= 0.6 is 0 Å². The summed E-state index contributed by atoms with van der Waals surface area (Å²) in [5.41, 5.74) is 0.670. The highest BCUT2D eigenvalue weighted by atomic mass is 19.1. The fraction of sp³-hybridized carbons (Fsp3) is 0. The van der Waals surface area contributed by atoms with Crippen molar-refractivity contribution in [1.29, 1.82) is 0 Å². The number of hydrogen-bond donors (Lipinski definition) is 1. The Kier molecular flexibility index (Phi) is 3.34. The van der Waals surface area contributed by atoms with Gasteiger partial charge in [0.2, 0.25) is 5.95 Å². The van der Waals surface area contributed by atoms with Gasteiger partial charge in [0, 0.05) is 17.8 Å². The molecular weight excluding hydrogens is 275 g/mol. The summed E-state index contributed by atoms with van der Waals surface area (Å²) in [4.78, 5) is 23.3. The van der Waals surface area contributed by atoms with Crippen LogP contribution in [-0.2, 0) is 0 Å². The molecule has 0 aliphatic heterocycles. The van der Waals surface area contributed by atoms with Crippen molar-refractivity contribution >= 4 is 11.6 Å². The first-order valence-corrected chi connectivity index (χ1v) is 5.96. The average molecular weight is 284 g/mol. The number of nitrogens with zero attached hydrogens (tertiary/aromatic N) is 5. The van der Waals surface area contributed by atoms with Crippen molar-refractivity contribution in [2.45, 2.75) is 0 Å². The Labute approximate surface area is 118 Å². The highest BCUT2D eigenvalue weighted by molar-refractivity contribution is 6.04. The molecule has 1 N–H and O–H groups in total. The van der Waals surface area contributed by atoms with E-state index < -0.39 is 11.9 Å². The van der Waals surface area contributed by atoms with Crippen molar-refractivity contribution in [1.82, 2.24) is 24.7 Å². The van der Waals surface area contributed by atoms with E-state index in [-0.39, 0.29) is 5.56 Å². The Morgan fingerprint density at radius 2 is 2.14 bits per heavy atom. The van der Waals surface area contributed by atoms with Crippen LogP contribution in [0.4, 0.5) is 10.1 Å². The Balaban J connectivity index is 1.75. The second kappa shape index (κ2) is 5.45. The molecule has 0 bridgehead atoms. The minimum atomic E-state index is -0.706. The summed E-state index contributed by atoms with van der Waals surface area (Å²) >= 11 is 0. The summed E-state index contributed by atoms with van der Waals surface area (Å²) in [6.45, 7) is 0. The van der Waals surface area contributed by atoms with Gasteiger partial charge in [0.05, 0.1) is 11.9 Å². The van der Waals surface area contributed by atoms with Crippen LogP contribution in [0, 0.1) is 5.95 Å². The van der Waals surface area contributed by atoms with Gasteiger partial charge in [-0.1, -0.05) is 0 Å². The molecule has 0 saturated carbocycles. The number of anilines is 1. The molecule has 0 saturated heterocycles.